The lowest BCUT2D eigenvalue weighted by Crippen LogP contribution is -2.22. The molecule has 2 heterocycles. The molecule has 1 amide bonds. The molecule has 0 fully saturated rings. The predicted octanol–water partition coefficient (Wildman–Crippen LogP) is 3.01. The van der Waals surface area contributed by atoms with E-state index in [1.54, 1.807) is 43.8 Å². The van der Waals surface area contributed by atoms with E-state index in [9.17, 15) is 4.79 Å². The molecule has 1 aromatic carbocycles. The number of anilines is 1. The van der Waals surface area contributed by atoms with Gasteiger partial charge in [0.15, 0.2) is 11.0 Å². The van der Waals surface area contributed by atoms with Crippen molar-refractivity contribution in [3.05, 3.63) is 48.8 Å². The summed E-state index contributed by atoms with van der Waals surface area (Å²) in [6, 6.07) is 11.0. The quantitative estimate of drug-likeness (QED) is 0.673. The molecule has 1 unspecified atom stereocenters. The summed E-state index contributed by atoms with van der Waals surface area (Å²) in [6.45, 7) is 1.84. The monoisotopic (exact) mass is 369 g/mol. The number of rotatable bonds is 6. The van der Waals surface area contributed by atoms with Crippen molar-refractivity contribution in [1.82, 2.24) is 19.7 Å². The Kier molecular flexibility index (Phi) is 5.52. The van der Waals surface area contributed by atoms with Gasteiger partial charge in [0.2, 0.25) is 5.91 Å². The summed E-state index contributed by atoms with van der Waals surface area (Å²) >= 11 is 1.35. The fourth-order valence-electron chi connectivity index (χ4n) is 2.29. The number of pyridine rings is 1. The molecule has 2 aromatic heterocycles. The van der Waals surface area contributed by atoms with E-state index >= 15 is 0 Å². The fraction of sp³-hybridized carbons (Fsp3) is 0.222. The van der Waals surface area contributed by atoms with Gasteiger partial charge in [-0.3, -0.25) is 9.78 Å². The van der Waals surface area contributed by atoms with Gasteiger partial charge in [-0.1, -0.05) is 11.8 Å². The van der Waals surface area contributed by atoms with Crippen molar-refractivity contribution in [2.75, 3.05) is 12.4 Å². The van der Waals surface area contributed by atoms with Crippen molar-refractivity contribution in [2.45, 2.75) is 17.3 Å². The molecule has 8 heteroatoms. The molecule has 0 saturated heterocycles. The van der Waals surface area contributed by atoms with E-state index < -0.39 is 0 Å². The number of thioether (sulfide) groups is 1. The van der Waals surface area contributed by atoms with Crippen LogP contribution in [0.2, 0.25) is 0 Å². The first-order valence-electron chi connectivity index (χ1n) is 8.00. The summed E-state index contributed by atoms with van der Waals surface area (Å²) in [6.07, 6.45) is 3.44. The largest absolute Gasteiger partial charge is 0.497 e. The van der Waals surface area contributed by atoms with Crippen molar-refractivity contribution < 1.29 is 9.53 Å². The Morgan fingerprint density at radius 1 is 1.23 bits per heavy atom. The van der Waals surface area contributed by atoms with Gasteiger partial charge in [0.05, 0.1) is 12.4 Å². The number of nitrogens with one attached hydrogen (secondary N) is 1. The van der Waals surface area contributed by atoms with Gasteiger partial charge in [0.25, 0.3) is 0 Å². The minimum absolute atomic E-state index is 0.105. The van der Waals surface area contributed by atoms with Crippen LogP contribution in [0.1, 0.15) is 6.92 Å². The number of aromatic nitrogens is 4. The Hall–Kier alpha value is -2.87. The third-order valence-corrected chi connectivity index (χ3v) is 4.90. The van der Waals surface area contributed by atoms with E-state index in [0.29, 0.717) is 11.0 Å². The van der Waals surface area contributed by atoms with Crippen molar-refractivity contribution in [1.29, 1.82) is 0 Å². The highest BCUT2D eigenvalue weighted by molar-refractivity contribution is 8.00. The zero-order valence-corrected chi connectivity index (χ0v) is 15.5. The van der Waals surface area contributed by atoms with Crippen LogP contribution in [0.5, 0.6) is 5.75 Å². The van der Waals surface area contributed by atoms with Crippen LogP contribution < -0.4 is 10.1 Å². The van der Waals surface area contributed by atoms with E-state index in [1.165, 1.54) is 11.8 Å². The molecule has 0 bridgehead atoms. The first-order chi connectivity index (χ1) is 12.6. The molecule has 3 rings (SSSR count). The Bertz CT molecular complexity index is 880. The van der Waals surface area contributed by atoms with Crippen LogP contribution in [0, 0.1) is 0 Å². The number of hydrogen-bond acceptors (Lipinski definition) is 6. The van der Waals surface area contributed by atoms with E-state index in [-0.39, 0.29) is 11.2 Å². The normalized spacial score (nSPS) is 11.8. The zero-order chi connectivity index (χ0) is 18.5. The van der Waals surface area contributed by atoms with Crippen molar-refractivity contribution in [2.24, 2.45) is 7.05 Å². The SMILES string of the molecule is COc1ccc(NC(=O)C(C)Sc2nnc(-c3cccnc3)n2C)cc1. The maximum absolute atomic E-state index is 12.4. The van der Waals surface area contributed by atoms with Crippen LogP contribution in [-0.2, 0) is 11.8 Å². The number of amides is 1. The van der Waals surface area contributed by atoms with E-state index in [1.807, 2.05) is 30.7 Å². The molecule has 26 heavy (non-hydrogen) atoms. The summed E-state index contributed by atoms with van der Waals surface area (Å²) in [4.78, 5) is 16.5. The van der Waals surface area contributed by atoms with Crippen LogP contribution in [0.4, 0.5) is 5.69 Å². The first-order valence-corrected chi connectivity index (χ1v) is 8.88. The topological polar surface area (TPSA) is 81.9 Å². The molecular weight excluding hydrogens is 350 g/mol. The lowest BCUT2D eigenvalue weighted by atomic mass is 10.3. The average Bonchev–Trinajstić information content (AvgIpc) is 3.03. The van der Waals surface area contributed by atoms with Crippen molar-refractivity contribution >= 4 is 23.4 Å². The van der Waals surface area contributed by atoms with Gasteiger partial charge in [-0.25, -0.2) is 0 Å². The summed E-state index contributed by atoms with van der Waals surface area (Å²) in [5.41, 5.74) is 1.60. The number of methoxy groups -OCH3 is 1. The minimum Gasteiger partial charge on any atom is -0.497 e. The number of hydrogen-bond donors (Lipinski definition) is 1. The van der Waals surface area contributed by atoms with Crippen molar-refractivity contribution in [3.63, 3.8) is 0 Å². The van der Waals surface area contributed by atoms with Gasteiger partial charge >= 0.3 is 0 Å². The minimum atomic E-state index is -0.332. The first kappa shape index (κ1) is 17.9. The molecule has 0 saturated carbocycles. The molecule has 1 atom stereocenters. The Labute approximate surface area is 155 Å². The third-order valence-electron chi connectivity index (χ3n) is 3.76. The van der Waals surface area contributed by atoms with Crippen LogP contribution in [0.15, 0.2) is 53.9 Å². The van der Waals surface area contributed by atoms with E-state index in [2.05, 4.69) is 20.5 Å². The van der Waals surface area contributed by atoms with Crippen molar-refractivity contribution in [3.8, 4) is 17.1 Å². The zero-order valence-electron chi connectivity index (χ0n) is 14.7. The maximum atomic E-state index is 12.4. The number of benzene rings is 1. The summed E-state index contributed by atoms with van der Waals surface area (Å²) in [5, 5.41) is 11.6. The number of ether oxygens (including phenoxy) is 1. The predicted molar refractivity (Wildman–Crippen MR) is 101 cm³/mol. The molecule has 0 aliphatic carbocycles. The van der Waals surface area contributed by atoms with Gasteiger partial charge in [0.1, 0.15) is 5.75 Å². The van der Waals surface area contributed by atoms with Gasteiger partial charge in [-0.05, 0) is 43.3 Å². The molecule has 0 radical (unpaired) electrons. The molecule has 7 nitrogen and oxygen atoms in total. The summed E-state index contributed by atoms with van der Waals surface area (Å²) in [7, 11) is 3.48. The fourth-order valence-corrected chi connectivity index (χ4v) is 3.11. The summed E-state index contributed by atoms with van der Waals surface area (Å²) in [5.74, 6) is 1.35. The summed E-state index contributed by atoms with van der Waals surface area (Å²) < 4.78 is 6.97. The lowest BCUT2D eigenvalue weighted by molar-refractivity contribution is -0.115. The van der Waals surface area contributed by atoms with Crippen LogP contribution in [0.25, 0.3) is 11.4 Å². The second-order valence-electron chi connectivity index (χ2n) is 5.58. The number of nitrogens with zero attached hydrogens (tertiary/aromatic N) is 4. The Morgan fingerprint density at radius 2 is 2.00 bits per heavy atom. The molecule has 0 aliphatic rings. The van der Waals surface area contributed by atoms with Crippen LogP contribution in [-0.4, -0.2) is 38.0 Å². The molecule has 134 valence electrons. The second kappa shape index (κ2) is 8.01. The lowest BCUT2D eigenvalue weighted by Gasteiger charge is -2.12. The van der Waals surface area contributed by atoms with Crippen LogP contribution >= 0.6 is 11.8 Å². The van der Waals surface area contributed by atoms with E-state index in [0.717, 1.165) is 17.0 Å². The molecule has 3 aromatic rings. The third kappa shape index (κ3) is 4.02. The van der Waals surface area contributed by atoms with Crippen LogP contribution in [0.3, 0.4) is 0 Å². The highest BCUT2D eigenvalue weighted by Crippen LogP contribution is 2.26. The van der Waals surface area contributed by atoms with Gasteiger partial charge < -0.3 is 14.6 Å². The molecule has 1 N–H and O–H groups in total. The second-order valence-corrected chi connectivity index (χ2v) is 6.89. The van der Waals surface area contributed by atoms with E-state index in [4.69, 9.17) is 4.74 Å². The Morgan fingerprint density at radius 3 is 2.65 bits per heavy atom. The Balaban J connectivity index is 1.66. The highest BCUT2D eigenvalue weighted by Gasteiger charge is 2.19. The average molecular weight is 369 g/mol. The molecular formula is C18H19N5O2S. The number of carbonyl (C=O) groups is 1. The smallest absolute Gasteiger partial charge is 0.237 e. The standard InChI is InChI=1S/C18H19N5O2S/c1-12(17(24)20-14-6-8-15(25-3)9-7-14)26-18-22-21-16(23(18)2)13-5-4-10-19-11-13/h4-12H,1-3H3,(H,20,24). The maximum Gasteiger partial charge on any atom is 0.237 e. The van der Waals surface area contributed by atoms with Gasteiger partial charge in [0, 0.05) is 30.7 Å². The molecule has 0 aliphatic heterocycles. The highest BCUT2D eigenvalue weighted by atomic mass is 32.2. The van der Waals surface area contributed by atoms with Gasteiger partial charge in [-0.2, -0.15) is 0 Å². The molecule has 0 spiro atoms. The number of carbonyl (C=O) groups excluding carboxylic acids is 1. The van der Waals surface area contributed by atoms with Gasteiger partial charge in [-0.15, -0.1) is 10.2 Å².